The van der Waals surface area contributed by atoms with Crippen LogP contribution in [0, 0.1) is 0 Å². The molecule has 1 amide bonds. The molecule has 2 heterocycles. The van der Waals surface area contributed by atoms with Gasteiger partial charge in [-0.2, -0.15) is 0 Å². The van der Waals surface area contributed by atoms with E-state index in [4.69, 9.17) is 9.15 Å². The Bertz CT molecular complexity index is 971. The molecule has 1 fully saturated rings. The molecule has 1 aliphatic heterocycles. The Kier molecular flexibility index (Phi) is 5.74. The number of anilines is 1. The molecule has 5 nitrogen and oxygen atoms in total. The lowest BCUT2D eigenvalue weighted by atomic mass is 10.1. The molecule has 0 atom stereocenters. The number of ether oxygens (including phenoxy) is 1. The van der Waals surface area contributed by atoms with Crippen molar-refractivity contribution < 1.29 is 13.9 Å². The predicted octanol–water partition coefficient (Wildman–Crippen LogP) is 4.63. The number of benzene rings is 2. The van der Waals surface area contributed by atoms with Gasteiger partial charge in [-0.1, -0.05) is 12.1 Å². The van der Waals surface area contributed by atoms with E-state index in [9.17, 15) is 4.79 Å². The number of fused-ring (bicyclic) bond motifs is 1. The van der Waals surface area contributed by atoms with Crippen LogP contribution in [0.2, 0.25) is 0 Å². The van der Waals surface area contributed by atoms with Gasteiger partial charge in [-0.3, -0.25) is 4.79 Å². The van der Waals surface area contributed by atoms with E-state index in [0.717, 1.165) is 40.9 Å². The van der Waals surface area contributed by atoms with Crippen LogP contribution in [0.25, 0.3) is 11.0 Å². The normalized spacial score (nSPS) is 14.2. The minimum atomic E-state index is 0.0728. The summed E-state index contributed by atoms with van der Waals surface area (Å²) in [4.78, 5) is 17.0. The van der Waals surface area contributed by atoms with E-state index < -0.39 is 0 Å². The number of carbonyl (C=O) groups excluding carboxylic acids is 1. The molecule has 29 heavy (non-hydrogen) atoms. The van der Waals surface area contributed by atoms with Crippen LogP contribution in [-0.4, -0.2) is 38.1 Å². The lowest BCUT2D eigenvalue weighted by Crippen LogP contribution is -2.29. The lowest BCUT2D eigenvalue weighted by molar-refractivity contribution is -0.129. The van der Waals surface area contributed by atoms with Gasteiger partial charge in [-0.05, 0) is 49.1 Å². The number of methoxy groups -OCH3 is 1. The van der Waals surface area contributed by atoms with Gasteiger partial charge in [0.1, 0.15) is 11.3 Å². The van der Waals surface area contributed by atoms with Gasteiger partial charge in [-0.25, -0.2) is 0 Å². The van der Waals surface area contributed by atoms with Crippen molar-refractivity contribution in [1.29, 1.82) is 0 Å². The zero-order valence-electron chi connectivity index (χ0n) is 17.2. The van der Waals surface area contributed by atoms with Crippen LogP contribution in [0.3, 0.4) is 0 Å². The first kappa shape index (κ1) is 19.4. The lowest BCUT2D eigenvalue weighted by Gasteiger charge is -2.29. The summed E-state index contributed by atoms with van der Waals surface area (Å²) in [7, 11) is 3.48. The average Bonchev–Trinajstić information content (AvgIpc) is 3.16. The highest BCUT2D eigenvalue weighted by atomic mass is 16.5. The number of rotatable bonds is 6. The number of hydrogen-bond donors (Lipinski definition) is 0. The van der Waals surface area contributed by atoms with Crippen molar-refractivity contribution in [3.8, 4) is 5.75 Å². The molecule has 0 spiro atoms. The van der Waals surface area contributed by atoms with Crippen molar-refractivity contribution in [2.24, 2.45) is 0 Å². The van der Waals surface area contributed by atoms with Gasteiger partial charge in [0.15, 0.2) is 0 Å². The Morgan fingerprint density at radius 1 is 1.10 bits per heavy atom. The van der Waals surface area contributed by atoms with E-state index in [2.05, 4.69) is 29.2 Å². The van der Waals surface area contributed by atoms with Crippen molar-refractivity contribution in [2.75, 3.05) is 32.1 Å². The van der Waals surface area contributed by atoms with Crippen LogP contribution >= 0.6 is 0 Å². The summed E-state index contributed by atoms with van der Waals surface area (Å²) in [5.74, 6) is 0.818. The smallest absolute Gasteiger partial charge is 0.227 e. The third-order valence-corrected chi connectivity index (χ3v) is 5.71. The monoisotopic (exact) mass is 392 g/mol. The largest absolute Gasteiger partial charge is 0.497 e. The molecule has 0 bridgehead atoms. The molecule has 3 aromatic rings. The van der Waals surface area contributed by atoms with E-state index in [0.29, 0.717) is 13.0 Å². The Morgan fingerprint density at radius 2 is 1.86 bits per heavy atom. The van der Waals surface area contributed by atoms with Gasteiger partial charge in [0.25, 0.3) is 0 Å². The maximum absolute atomic E-state index is 12.7. The van der Waals surface area contributed by atoms with E-state index >= 15 is 0 Å². The number of likely N-dealkylation sites (N-methyl/N-ethyl adjacent to an activating group) is 1. The second kappa shape index (κ2) is 8.60. The summed E-state index contributed by atoms with van der Waals surface area (Å²) in [5.41, 5.74) is 4.06. The van der Waals surface area contributed by atoms with Crippen LogP contribution in [0.1, 0.15) is 30.4 Å². The third-order valence-electron chi connectivity index (χ3n) is 5.71. The zero-order chi connectivity index (χ0) is 20.2. The van der Waals surface area contributed by atoms with Crippen molar-refractivity contribution in [2.45, 2.75) is 32.2 Å². The maximum Gasteiger partial charge on any atom is 0.227 e. The summed E-state index contributed by atoms with van der Waals surface area (Å²) in [6, 6.07) is 14.3. The molecule has 5 heteroatoms. The zero-order valence-corrected chi connectivity index (χ0v) is 17.2. The van der Waals surface area contributed by atoms with Crippen LogP contribution in [-0.2, 0) is 17.8 Å². The van der Waals surface area contributed by atoms with Crippen molar-refractivity contribution in [1.82, 2.24) is 4.90 Å². The SMILES string of the molecule is COc1ccc2c(CC(=O)N(C)Cc3ccc(N4CCCCC4)cc3)coc2c1. The molecule has 2 aromatic carbocycles. The fourth-order valence-corrected chi connectivity index (χ4v) is 3.95. The van der Waals surface area contributed by atoms with E-state index in [1.54, 1.807) is 18.3 Å². The molecular formula is C24H28N2O3. The minimum Gasteiger partial charge on any atom is -0.497 e. The maximum atomic E-state index is 12.7. The summed E-state index contributed by atoms with van der Waals surface area (Å²) in [5, 5.41) is 0.957. The van der Waals surface area contributed by atoms with Crippen LogP contribution in [0.5, 0.6) is 5.75 Å². The molecule has 152 valence electrons. The van der Waals surface area contributed by atoms with Gasteiger partial charge >= 0.3 is 0 Å². The molecule has 1 aliphatic rings. The van der Waals surface area contributed by atoms with E-state index in [1.165, 1.54) is 24.9 Å². The van der Waals surface area contributed by atoms with Crippen LogP contribution in [0.4, 0.5) is 5.69 Å². The van der Waals surface area contributed by atoms with Crippen LogP contribution < -0.4 is 9.64 Å². The molecule has 0 radical (unpaired) electrons. The van der Waals surface area contributed by atoms with E-state index in [-0.39, 0.29) is 5.91 Å². The Balaban J connectivity index is 1.38. The van der Waals surface area contributed by atoms with Gasteiger partial charge < -0.3 is 19.0 Å². The molecular weight excluding hydrogens is 364 g/mol. The number of amides is 1. The first-order valence-electron chi connectivity index (χ1n) is 10.3. The number of piperidine rings is 1. The standard InChI is InChI=1S/C24H28N2O3/c1-25(16-18-6-8-20(9-7-18)26-12-4-3-5-13-26)24(27)14-19-17-29-23-15-21(28-2)10-11-22(19)23/h6-11,15,17H,3-5,12-14,16H2,1-2H3. The molecule has 0 N–H and O–H groups in total. The van der Waals surface area contributed by atoms with E-state index in [1.807, 2.05) is 25.2 Å². The fourth-order valence-electron chi connectivity index (χ4n) is 3.95. The Hall–Kier alpha value is -2.95. The van der Waals surface area contributed by atoms with Gasteiger partial charge in [-0.15, -0.1) is 0 Å². The molecule has 1 aromatic heterocycles. The first-order chi connectivity index (χ1) is 14.1. The third kappa shape index (κ3) is 4.39. The Morgan fingerprint density at radius 3 is 2.59 bits per heavy atom. The molecule has 4 rings (SSSR count). The molecule has 0 unspecified atom stereocenters. The second-order valence-electron chi connectivity index (χ2n) is 7.76. The van der Waals surface area contributed by atoms with Crippen LogP contribution in [0.15, 0.2) is 53.1 Å². The minimum absolute atomic E-state index is 0.0728. The van der Waals surface area contributed by atoms with Crippen molar-refractivity contribution >= 4 is 22.6 Å². The van der Waals surface area contributed by atoms with Crippen molar-refractivity contribution in [3.05, 3.63) is 59.9 Å². The second-order valence-corrected chi connectivity index (χ2v) is 7.76. The topological polar surface area (TPSA) is 45.9 Å². The number of carbonyl (C=O) groups is 1. The number of furan rings is 1. The highest BCUT2D eigenvalue weighted by molar-refractivity contribution is 5.88. The Labute approximate surface area is 171 Å². The summed E-state index contributed by atoms with van der Waals surface area (Å²) < 4.78 is 10.8. The molecule has 0 saturated carbocycles. The highest BCUT2D eigenvalue weighted by Gasteiger charge is 2.15. The van der Waals surface area contributed by atoms with Crippen molar-refractivity contribution in [3.63, 3.8) is 0 Å². The summed E-state index contributed by atoms with van der Waals surface area (Å²) in [6.45, 7) is 2.88. The number of hydrogen-bond acceptors (Lipinski definition) is 4. The summed E-state index contributed by atoms with van der Waals surface area (Å²) in [6.07, 6.45) is 5.87. The molecule has 0 aliphatic carbocycles. The first-order valence-corrected chi connectivity index (χ1v) is 10.3. The number of nitrogens with zero attached hydrogens (tertiary/aromatic N) is 2. The highest BCUT2D eigenvalue weighted by Crippen LogP contribution is 2.26. The van der Waals surface area contributed by atoms with Gasteiger partial charge in [0.05, 0.1) is 19.8 Å². The molecule has 1 saturated heterocycles. The quantitative estimate of drug-likeness (QED) is 0.613. The fraction of sp³-hybridized carbons (Fsp3) is 0.375. The average molecular weight is 392 g/mol. The van der Waals surface area contributed by atoms with Gasteiger partial charge in [0.2, 0.25) is 5.91 Å². The predicted molar refractivity (Wildman–Crippen MR) is 115 cm³/mol. The van der Waals surface area contributed by atoms with Gasteiger partial charge in [0, 0.05) is 49.4 Å². The summed E-state index contributed by atoms with van der Waals surface area (Å²) >= 11 is 0.